The summed E-state index contributed by atoms with van der Waals surface area (Å²) in [6.45, 7) is 0.654. The van der Waals surface area contributed by atoms with Gasteiger partial charge in [0, 0.05) is 6.42 Å². The molecule has 1 unspecified atom stereocenters. The number of hydrogen-bond acceptors (Lipinski definition) is 3. The van der Waals surface area contributed by atoms with E-state index >= 15 is 0 Å². The molecule has 1 aromatic carbocycles. The van der Waals surface area contributed by atoms with Gasteiger partial charge < -0.3 is 15.9 Å². The Bertz CT molecular complexity index is 362. The van der Waals surface area contributed by atoms with Crippen molar-refractivity contribution in [2.45, 2.75) is 38.2 Å². The molecule has 0 radical (unpaired) electrons. The summed E-state index contributed by atoms with van der Waals surface area (Å²) in [5.41, 5.74) is 7.26. The van der Waals surface area contributed by atoms with Gasteiger partial charge in [-0.05, 0) is 43.4 Å². The van der Waals surface area contributed by atoms with Crippen LogP contribution >= 0.6 is 0 Å². The van der Waals surface area contributed by atoms with Crippen LogP contribution in [0.5, 0.6) is 0 Å². The zero-order valence-electron chi connectivity index (χ0n) is 10.5. The number of nitrogens with two attached hydrogens (primary N) is 1. The summed E-state index contributed by atoms with van der Waals surface area (Å²) in [5.74, 6) is -0.791. The van der Waals surface area contributed by atoms with Crippen molar-refractivity contribution in [3.05, 3.63) is 35.4 Å². The Hall–Kier alpha value is -1.39. The van der Waals surface area contributed by atoms with E-state index in [2.05, 4.69) is 0 Å². The molecule has 0 aromatic heterocycles. The lowest BCUT2D eigenvalue weighted by Gasteiger charge is -2.11. The molecule has 4 N–H and O–H groups in total. The lowest BCUT2D eigenvalue weighted by molar-refractivity contribution is -0.136. The van der Waals surface area contributed by atoms with E-state index < -0.39 is 12.1 Å². The normalized spacial score (nSPS) is 12.3. The maximum Gasteiger partial charge on any atom is 0.303 e. The molecule has 0 heterocycles. The number of aliphatic hydroxyl groups excluding tert-OH is 1. The van der Waals surface area contributed by atoms with Crippen LogP contribution in [0.4, 0.5) is 0 Å². The highest BCUT2D eigenvalue weighted by atomic mass is 16.4. The highest BCUT2D eigenvalue weighted by Crippen LogP contribution is 2.19. The Balaban J connectivity index is 2.45. The van der Waals surface area contributed by atoms with Crippen molar-refractivity contribution < 1.29 is 15.0 Å². The molecule has 0 bridgehead atoms. The Morgan fingerprint density at radius 2 is 1.89 bits per heavy atom. The summed E-state index contributed by atoms with van der Waals surface area (Å²) >= 11 is 0. The third kappa shape index (κ3) is 5.29. The number of aliphatic hydroxyl groups is 1. The first kappa shape index (κ1) is 14.7. The lowest BCUT2D eigenvalue weighted by atomic mass is 10.0. The SMILES string of the molecule is NCCCCC(O)c1ccc(CCC(=O)O)cc1. The summed E-state index contributed by atoms with van der Waals surface area (Å²) in [4.78, 5) is 10.4. The number of unbranched alkanes of at least 4 members (excludes halogenated alkanes) is 1. The predicted molar refractivity (Wildman–Crippen MR) is 70.3 cm³/mol. The lowest BCUT2D eigenvalue weighted by Crippen LogP contribution is -2.02. The number of carboxylic acids is 1. The van der Waals surface area contributed by atoms with Gasteiger partial charge in [0.15, 0.2) is 0 Å². The van der Waals surface area contributed by atoms with Gasteiger partial charge in [0.2, 0.25) is 0 Å². The zero-order valence-corrected chi connectivity index (χ0v) is 10.5. The van der Waals surface area contributed by atoms with Gasteiger partial charge in [-0.15, -0.1) is 0 Å². The number of carbonyl (C=O) groups is 1. The molecule has 0 fully saturated rings. The quantitative estimate of drug-likeness (QED) is 0.616. The molecule has 4 heteroatoms. The van der Waals surface area contributed by atoms with Crippen molar-refractivity contribution in [2.24, 2.45) is 5.73 Å². The summed E-state index contributed by atoms with van der Waals surface area (Å²) in [5, 5.41) is 18.5. The third-order valence-electron chi connectivity index (χ3n) is 2.92. The minimum Gasteiger partial charge on any atom is -0.481 e. The maximum atomic E-state index is 10.4. The van der Waals surface area contributed by atoms with Gasteiger partial charge >= 0.3 is 5.97 Å². The maximum absolute atomic E-state index is 10.4. The molecule has 0 saturated heterocycles. The Morgan fingerprint density at radius 3 is 2.44 bits per heavy atom. The van der Waals surface area contributed by atoms with Crippen LogP contribution in [0.3, 0.4) is 0 Å². The van der Waals surface area contributed by atoms with Gasteiger partial charge in [0.1, 0.15) is 0 Å². The van der Waals surface area contributed by atoms with E-state index in [-0.39, 0.29) is 6.42 Å². The topological polar surface area (TPSA) is 83.5 Å². The molecule has 4 nitrogen and oxygen atoms in total. The molecule has 0 spiro atoms. The Morgan fingerprint density at radius 1 is 1.22 bits per heavy atom. The predicted octanol–water partition coefficient (Wildman–Crippen LogP) is 1.87. The van der Waals surface area contributed by atoms with E-state index in [4.69, 9.17) is 10.8 Å². The van der Waals surface area contributed by atoms with E-state index in [9.17, 15) is 9.90 Å². The van der Waals surface area contributed by atoms with Gasteiger partial charge in [0.25, 0.3) is 0 Å². The highest BCUT2D eigenvalue weighted by molar-refractivity contribution is 5.67. The smallest absolute Gasteiger partial charge is 0.303 e. The first-order chi connectivity index (χ1) is 8.63. The minimum atomic E-state index is -0.791. The van der Waals surface area contributed by atoms with Crippen molar-refractivity contribution in [1.29, 1.82) is 0 Å². The molecule has 18 heavy (non-hydrogen) atoms. The first-order valence-corrected chi connectivity index (χ1v) is 6.32. The van der Waals surface area contributed by atoms with Crippen molar-refractivity contribution in [2.75, 3.05) is 6.54 Å². The number of aliphatic carboxylic acids is 1. The molecule has 0 amide bonds. The van der Waals surface area contributed by atoms with Crippen molar-refractivity contribution in [3.8, 4) is 0 Å². The summed E-state index contributed by atoms with van der Waals surface area (Å²) < 4.78 is 0. The van der Waals surface area contributed by atoms with Crippen molar-refractivity contribution in [3.63, 3.8) is 0 Å². The van der Waals surface area contributed by atoms with Gasteiger partial charge in [-0.2, -0.15) is 0 Å². The molecule has 0 aliphatic heterocycles. The van der Waals surface area contributed by atoms with Gasteiger partial charge in [-0.25, -0.2) is 0 Å². The van der Waals surface area contributed by atoms with E-state index in [1.165, 1.54) is 0 Å². The molecule has 1 atom stereocenters. The van der Waals surface area contributed by atoms with Gasteiger partial charge in [-0.1, -0.05) is 24.3 Å². The van der Waals surface area contributed by atoms with E-state index in [0.717, 1.165) is 24.0 Å². The van der Waals surface area contributed by atoms with Crippen LogP contribution in [0, 0.1) is 0 Å². The number of benzene rings is 1. The number of carboxylic acid groups (broad SMARTS) is 1. The third-order valence-corrected chi connectivity index (χ3v) is 2.92. The van der Waals surface area contributed by atoms with Gasteiger partial charge in [0.05, 0.1) is 6.10 Å². The second-order valence-electron chi connectivity index (χ2n) is 4.44. The second kappa shape index (κ2) is 7.84. The van der Waals surface area contributed by atoms with Crippen LogP contribution in [-0.4, -0.2) is 22.7 Å². The average molecular weight is 251 g/mol. The molecular formula is C14H21NO3. The first-order valence-electron chi connectivity index (χ1n) is 6.32. The van der Waals surface area contributed by atoms with Crippen LogP contribution in [0.25, 0.3) is 0 Å². The van der Waals surface area contributed by atoms with E-state index in [1.54, 1.807) is 0 Å². The van der Waals surface area contributed by atoms with Crippen LogP contribution < -0.4 is 5.73 Å². The van der Waals surface area contributed by atoms with E-state index in [1.807, 2.05) is 24.3 Å². The largest absolute Gasteiger partial charge is 0.481 e. The fraction of sp³-hybridized carbons (Fsp3) is 0.500. The number of hydrogen-bond donors (Lipinski definition) is 3. The molecule has 100 valence electrons. The molecule has 0 saturated carbocycles. The number of rotatable bonds is 8. The van der Waals surface area contributed by atoms with Crippen LogP contribution in [0.1, 0.15) is 42.9 Å². The molecule has 1 rings (SSSR count). The summed E-state index contributed by atoms with van der Waals surface area (Å²) in [6.07, 6.45) is 2.76. The molecule has 0 aliphatic carbocycles. The monoisotopic (exact) mass is 251 g/mol. The molecular weight excluding hydrogens is 230 g/mol. The highest BCUT2D eigenvalue weighted by Gasteiger charge is 2.07. The Kier molecular flexibility index (Phi) is 6.39. The second-order valence-corrected chi connectivity index (χ2v) is 4.44. The summed E-state index contributed by atoms with van der Waals surface area (Å²) in [7, 11) is 0. The van der Waals surface area contributed by atoms with Gasteiger partial charge in [-0.3, -0.25) is 4.79 Å². The molecule has 0 aliphatic rings. The average Bonchev–Trinajstić information content (AvgIpc) is 2.37. The fourth-order valence-corrected chi connectivity index (χ4v) is 1.81. The number of aryl methyl sites for hydroxylation is 1. The van der Waals surface area contributed by atoms with Crippen LogP contribution in [0.2, 0.25) is 0 Å². The Labute approximate surface area is 107 Å². The summed E-state index contributed by atoms with van der Waals surface area (Å²) in [6, 6.07) is 7.49. The minimum absolute atomic E-state index is 0.137. The standard InChI is InChI=1S/C14H21NO3/c15-10-2-1-3-13(16)12-7-4-11(5-8-12)6-9-14(17)18/h4-5,7-8,13,16H,1-3,6,9-10,15H2,(H,17,18). The van der Waals surface area contributed by atoms with Crippen molar-refractivity contribution in [1.82, 2.24) is 0 Å². The zero-order chi connectivity index (χ0) is 13.4. The fourth-order valence-electron chi connectivity index (χ4n) is 1.81. The van der Waals surface area contributed by atoms with Crippen LogP contribution in [-0.2, 0) is 11.2 Å². The van der Waals surface area contributed by atoms with E-state index in [0.29, 0.717) is 19.4 Å². The van der Waals surface area contributed by atoms with Crippen molar-refractivity contribution >= 4 is 5.97 Å². The molecule has 1 aromatic rings. The van der Waals surface area contributed by atoms with Crippen LogP contribution in [0.15, 0.2) is 24.3 Å².